The average molecular weight is 593 g/mol. The lowest BCUT2D eigenvalue weighted by Gasteiger charge is -2.10. The van der Waals surface area contributed by atoms with E-state index in [2.05, 4.69) is 84.9 Å². The molecule has 0 aliphatic rings. The number of aromatic nitrogens is 4. The number of pyridine rings is 1. The Balaban J connectivity index is 1.27. The SMILES string of the molecule is c1ccc(-c2nc(-c3ccccc3)nc(-c3cccc4sc5c(-c6ccc7ccc8ccccc8c7n6)cccc5c34)n2)cc1. The van der Waals surface area contributed by atoms with Crippen LogP contribution in [0.1, 0.15) is 0 Å². The van der Waals surface area contributed by atoms with Crippen molar-refractivity contribution in [3.63, 3.8) is 0 Å². The Morgan fingerprint density at radius 3 is 1.78 bits per heavy atom. The van der Waals surface area contributed by atoms with Crippen molar-refractivity contribution in [1.29, 1.82) is 0 Å². The van der Waals surface area contributed by atoms with Crippen molar-refractivity contribution in [2.24, 2.45) is 0 Å². The van der Waals surface area contributed by atoms with Gasteiger partial charge in [-0.15, -0.1) is 11.3 Å². The van der Waals surface area contributed by atoms with E-state index >= 15 is 0 Å². The summed E-state index contributed by atoms with van der Waals surface area (Å²) < 4.78 is 2.39. The summed E-state index contributed by atoms with van der Waals surface area (Å²) in [7, 11) is 0. The number of fused-ring (bicyclic) bond motifs is 6. The molecule has 0 fully saturated rings. The number of nitrogens with zero attached hydrogens (tertiary/aromatic N) is 4. The fourth-order valence-electron chi connectivity index (χ4n) is 6.17. The molecule has 5 heteroatoms. The Bertz CT molecular complexity index is 2480. The fraction of sp³-hybridized carbons (Fsp3) is 0. The minimum absolute atomic E-state index is 0.657. The molecule has 0 aliphatic carbocycles. The summed E-state index contributed by atoms with van der Waals surface area (Å²) in [6.45, 7) is 0. The van der Waals surface area contributed by atoms with Crippen LogP contribution >= 0.6 is 11.3 Å². The van der Waals surface area contributed by atoms with E-state index in [1.165, 1.54) is 25.6 Å². The van der Waals surface area contributed by atoms with Crippen LogP contribution in [0.4, 0.5) is 0 Å². The van der Waals surface area contributed by atoms with Crippen LogP contribution in [-0.4, -0.2) is 19.9 Å². The van der Waals surface area contributed by atoms with Gasteiger partial charge in [-0.3, -0.25) is 0 Å². The van der Waals surface area contributed by atoms with E-state index < -0.39 is 0 Å². The highest BCUT2D eigenvalue weighted by Gasteiger charge is 2.19. The fourth-order valence-corrected chi connectivity index (χ4v) is 7.42. The quantitative estimate of drug-likeness (QED) is 0.191. The molecule has 6 aromatic carbocycles. The Morgan fingerprint density at radius 1 is 0.400 bits per heavy atom. The van der Waals surface area contributed by atoms with Crippen LogP contribution in [0.5, 0.6) is 0 Å². The second-order valence-electron chi connectivity index (χ2n) is 11.1. The molecule has 0 radical (unpaired) electrons. The summed E-state index contributed by atoms with van der Waals surface area (Å²) in [6, 6.07) is 50.3. The van der Waals surface area contributed by atoms with Gasteiger partial charge in [-0.2, -0.15) is 0 Å². The molecular weight excluding hydrogens is 569 g/mol. The number of hydrogen-bond acceptors (Lipinski definition) is 5. The normalized spacial score (nSPS) is 11.6. The number of benzene rings is 6. The number of rotatable bonds is 4. The summed E-state index contributed by atoms with van der Waals surface area (Å²) in [5.74, 6) is 1.97. The minimum atomic E-state index is 0.657. The topological polar surface area (TPSA) is 51.6 Å². The number of thiophene rings is 1. The zero-order valence-corrected chi connectivity index (χ0v) is 24.9. The standard InChI is InChI=1S/C40H24N4S/c1-3-12-27(13-4-1)38-42-39(28-14-5-2-6-15-28)44-40(43-38)32-19-10-20-34-35(32)31-18-9-17-30(37(31)45-34)33-24-23-26-22-21-25-11-7-8-16-29(25)36(26)41-33/h1-24H. The van der Waals surface area contributed by atoms with Gasteiger partial charge in [0, 0.05) is 53.2 Å². The van der Waals surface area contributed by atoms with Gasteiger partial charge in [0.2, 0.25) is 0 Å². The van der Waals surface area contributed by atoms with E-state index in [0.717, 1.165) is 44.2 Å². The maximum Gasteiger partial charge on any atom is 0.164 e. The predicted molar refractivity (Wildman–Crippen MR) is 187 cm³/mol. The highest BCUT2D eigenvalue weighted by molar-refractivity contribution is 7.26. The maximum absolute atomic E-state index is 5.24. The highest BCUT2D eigenvalue weighted by Crippen LogP contribution is 2.43. The first kappa shape index (κ1) is 25.7. The monoisotopic (exact) mass is 592 g/mol. The molecule has 9 rings (SSSR count). The van der Waals surface area contributed by atoms with Crippen LogP contribution in [0.2, 0.25) is 0 Å². The van der Waals surface area contributed by atoms with Crippen LogP contribution in [-0.2, 0) is 0 Å². The van der Waals surface area contributed by atoms with E-state index in [1.54, 1.807) is 11.3 Å². The van der Waals surface area contributed by atoms with Crippen LogP contribution < -0.4 is 0 Å². The largest absolute Gasteiger partial charge is 0.247 e. The molecule has 0 atom stereocenters. The van der Waals surface area contributed by atoms with Crippen molar-refractivity contribution >= 4 is 53.2 Å². The van der Waals surface area contributed by atoms with Crippen LogP contribution in [0.3, 0.4) is 0 Å². The molecule has 4 nitrogen and oxygen atoms in total. The molecule has 0 saturated heterocycles. The number of hydrogen-bond donors (Lipinski definition) is 0. The first-order valence-corrected chi connectivity index (χ1v) is 15.7. The molecular formula is C40H24N4S. The molecule has 0 unspecified atom stereocenters. The van der Waals surface area contributed by atoms with E-state index in [9.17, 15) is 0 Å². The van der Waals surface area contributed by atoms with Gasteiger partial charge in [-0.05, 0) is 17.5 Å². The molecule has 3 aromatic heterocycles. The van der Waals surface area contributed by atoms with E-state index in [-0.39, 0.29) is 0 Å². The van der Waals surface area contributed by atoms with Gasteiger partial charge in [-0.1, -0.05) is 133 Å². The molecule has 0 spiro atoms. The van der Waals surface area contributed by atoms with Crippen molar-refractivity contribution in [2.45, 2.75) is 0 Å². The molecule has 45 heavy (non-hydrogen) atoms. The van der Waals surface area contributed by atoms with Crippen molar-refractivity contribution in [2.75, 3.05) is 0 Å². The van der Waals surface area contributed by atoms with Crippen LogP contribution in [0.25, 0.3) is 87.3 Å². The lowest BCUT2D eigenvalue weighted by atomic mass is 10.0. The Kier molecular flexibility index (Phi) is 5.96. The molecule has 9 aromatic rings. The molecule has 3 heterocycles. The predicted octanol–water partition coefficient (Wildman–Crippen LogP) is 10.6. The van der Waals surface area contributed by atoms with Gasteiger partial charge in [0.05, 0.1) is 11.2 Å². The lowest BCUT2D eigenvalue weighted by Crippen LogP contribution is -2.00. The third-order valence-electron chi connectivity index (χ3n) is 8.32. The van der Waals surface area contributed by atoms with E-state index in [4.69, 9.17) is 19.9 Å². The van der Waals surface area contributed by atoms with E-state index in [1.807, 2.05) is 60.7 Å². The summed E-state index contributed by atoms with van der Waals surface area (Å²) in [4.78, 5) is 20.2. The summed E-state index contributed by atoms with van der Waals surface area (Å²) in [5, 5.41) is 5.82. The minimum Gasteiger partial charge on any atom is -0.247 e. The van der Waals surface area contributed by atoms with Gasteiger partial charge < -0.3 is 0 Å². The Morgan fingerprint density at radius 2 is 1.00 bits per heavy atom. The smallest absolute Gasteiger partial charge is 0.164 e. The second-order valence-corrected chi connectivity index (χ2v) is 12.1. The maximum atomic E-state index is 5.24. The summed E-state index contributed by atoms with van der Waals surface area (Å²) in [6.07, 6.45) is 0. The third-order valence-corrected chi connectivity index (χ3v) is 9.53. The molecule has 0 N–H and O–H groups in total. The Labute approximate surface area is 263 Å². The third kappa shape index (κ3) is 4.36. The lowest BCUT2D eigenvalue weighted by molar-refractivity contribution is 1.08. The first-order valence-electron chi connectivity index (χ1n) is 14.9. The molecule has 0 bridgehead atoms. The summed E-state index contributed by atoms with van der Waals surface area (Å²) >= 11 is 1.79. The van der Waals surface area contributed by atoms with Gasteiger partial charge in [0.1, 0.15) is 0 Å². The molecule has 0 amide bonds. The molecule has 0 saturated carbocycles. The van der Waals surface area contributed by atoms with Crippen molar-refractivity contribution in [3.05, 3.63) is 146 Å². The van der Waals surface area contributed by atoms with Crippen LogP contribution in [0, 0.1) is 0 Å². The zero-order chi connectivity index (χ0) is 29.7. The zero-order valence-electron chi connectivity index (χ0n) is 24.1. The summed E-state index contributed by atoms with van der Waals surface area (Å²) in [5.41, 5.74) is 6.02. The average Bonchev–Trinajstić information content (AvgIpc) is 3.51. The van der Waals surface area contributed by atoms with Crippen LogP contribution in [0.15, 0.2) is 146 Å². The highest BCUT2D eigenvalue weighted by atomic mass is 32.1. The Hall–Kier alpha value is -5.78. The van der Waals surface area contributed by atoms with Gasteiger partial charge in [0.25, 0.3) is 0 Å². The van der Waals surface area contributed by atoms with E-state index in [0.29, 0.717) is 17.5 Å². The van der Waals surface area contributed by atoms with Crippen molar-refractivity contribution in [3.8, 4) is 45.4 Å². The molecule has 210 valence electrons. The molecule has 0 aliphatic heterocycles. The second kappa shape index (κ2) is 10.4. The van der Waals surface area contributed by atoms with Gasteiger partial charge >= 0.3 is 0 Å². The van der Waals surface area contributed by atoms with Crippen molar-refractivity contribution in [1.82, 2.24) is 19.9 Å². The van der Waals surface area contributed by atoms with Gasteiger partial charge in [0.15, 0.2) is 17.5 Å². The van der Waals surface area contributed by atoms with Gasteiger partial charge in [-0.25, -0.2) is 19.9 Å². The van der Waals surface area contributed by atoms with Crippen molar-refractivity contribution < 1.29 is 0 Å². The first-order chi connectivity index (χ1) is 22.3.